The van der Waals surface area contributed by atoms with Crippen molar-refractivity contribution in [2.75, 3.05) is 24.3 Å². The number of carbonyl (C=O) groups is 2. The summed E-state index contributed by atoms with van der Waals surface area (Å²) >= 11 is 0. The Labute approximate surface area is 105 Å². The lowest BCUT2D eigenvalue weighted by Gasteiger charge is -2.18. The molecule has 6 heteroatoms. The Morgan fingerprint density at radius 2 is 2.00 bits per heavy atom. The fourth-order valence-electron chi connectivity index (χ4n) is 1.80. The lowest BCUT2D eigenvalue weighted by molar-refractivity contribution is -0.119. The molecule has 1 saturated heterocycles. The molecule has 1 aliphatic heterocycles. The van der Waals surface area contributed by atoms with E-state index in [4.69, 9.17) is 10.5 Å². The SMILES string of the molecule is COC1CNC(=O)N(c2ccc(N)cc2)C(=O)C1. The van der Waals surface area contributed by atoms with E-state index < -0.39 is 6.03 Å². The van der Waals surface area contributed by atoms with Crippen LogP contribution in [0.5, 0.6) is 0 Å². The molecule has 6 nitrogen and oxygen atoms in total. The predicted molar refractivity (Wildman–Crippen MR) is 67.2 cm³/mol. The van der Waals surface area contributed by atoms with Crippen LogP contribution in [0.3, 0.4) is 0 Å². The number of benzene rings is 1. The number of hydrogen-bond donors (Lipinski definition) is 2. The maximum atomic E-state index is 12.0. The summed E-state index contributed by atoms with van der Waals surface area (Å²) < 4.78 is 5.11. The van der Waals surface area contributed by atoms with Crippen LogP contribution in [0.4, 0.5) is 16.2 Å². The third kappa shape index (κ3) is 2.43. The van der Waals surface area contributed by atoms with Crippen molar-refractivity contribution < 1.29 is 14.3 Å². The maximum absolute atomic E-state index is 12.0. The van der Waals surface area contributed by atoms with Crippen LogP contribution >= 0.6 is 0 Å². The number of hydrogen-bond acceptors (Lipinski definition) is 4. The molecule has 1 fully saturated rings. The Morgan fingerprint density at radius 3 is 2.61 bits per heavy atom. The molecular formula is C12H15N3O3. The molecule has 1 aliphatic rings. The van der Waals surface area contributed by atoms with Crippen LogP contribution in [0, 0.1) is 0 Å². The Kier molecular flexibility index (Phi) is 3.47. The van der Waals surface area contributed by atoms with Crippen LogP contribution in [0.15, 0.2) is 24.3 Å². The number of rotatable bonds is 2. The van der Waals surface area contributed by atoms with Gasteiger partial charge in [0.1, 0.15) is 0 Å². The number of carbonyl (C=O) groups excluding carboxylic acids is 2. The van der Waals surface area contributed by atoms with Gasteiger partial charge in [0, 0.05) is 19.3 Å². The molecule has 1 aromatic rings. The van der Waals surface area contributed by atoms with E-state index in [1.54, 1.807) is 24.3 Å². The van der Waals surface area contributed by atoms with Gasteiger partial charge >= 0.3 is 6.03 Å². The number of amides is 3. The third-order valence-corrected chi connectivity index (χ3v) is 2.82. The fraction of sp³-hybridized carbons (Fsp3) is 0.333. The molecule has 0 saturated carbocycles. The van der Waals surface area contributed by atoms with E-state index in [1.807, 2.05) is 0 Å². The molecule has 1 heterocycles. The third-order valence-electron chi connectivity index (χ3n) is 2.82. The highest BCUT2D eigenvalue weighted by atomic mass is 16.5. The molecule has 0 bridgehead atoms. The van der Waals surface area contributed by atoms with Crippen molar-refractivity contribution in [1.82, 2.24) is 5.32 Å². The summed E-state index contributed by atoms with van der Waals surface area (Å²) in [5.41, 5.74) is 6.66. The van der Waals surface area contributed by atoms with E-state index in [2.05, 4.69) is 5.32 Å². The van der Waals surface area contributed by atoms with Crippen molar-refractivity contribution in [2.45, 2.75) is 12.5 Å². The van der Waals surface area contributed by atoms with Gasteiger partial charge in [-0.1, -0.05) is 0 Å². The van der Waals surface area contributed by atoms with Crippen LogP contribution in [-0.4, -0.2) is 31.7 Å². The highest BCUT2D eigenvalue weighted by Gasteiger charge is 2.30. The predicted octanol–water partition coefficient (Wildman–Crippen LogP) is 0.730. The van der Waals surface area contributed by atoms with Crippen molar-refractivity contribution in [1.29, 1.82) is 0 Å². The van der Waals surface area contributed by atoms with Gasteiger partial charge in [-0.25, -0.2) is 9.69 Å². The number of nitrogen functional groups attached to an aromatic ring is 1. The number of nitrogens with zero attached hydrogens (tertiary/aromatic N) is 1. The van der Waals surface area contributed by atoms with E-state index >= 15 is 0 Å². The number of methoxy groups -OCH3 is 1. The Bertz CT molecular complexity index is 458. The molecule has 1 aromatic carbocycles. The first-order chi connectivity index (χ1) is 8.61. The van der Waals surface area contributed by atoms with Crippen LogP contribution in [0.2, 0.25) is 0 Å². The topological polar surface area (TPSA) is 84.7 Å². The molecule has 1 atom stereocenters. The Morgan fingerprint density at radius 1 is 1.33 bits per heavy atom. The zero-order chi connectivity index (χ0) is 13.1. The molecule has 1 unspecified atom stereocenters. The molecule has 3 N–H and O–H groups in total. The highest BCUT2D eigenvalue weighted by molar-refractivity contribution is 6.14. The normalized spacial score (nSPS) is 20.5. The molecule has 0 spiro atoms. The summed E-state index contributed by atoms with van der Waals surface area (Å²) in [6.45, 7) is 0.326. The van der Waals surface area contributed by atoms with E-state index in [1.165, 1.54) is 7.11 Å². The van der Waals surface area contributed by atoms with Crippen LogP contribution in [0.1, 0.15) is 6.42 Å². The number of anilines is 2. The first kappa shape index (κ1) is 12.4. The summed E-state index contributed by atoms with van der Waals surface area (Å²) in [5, 5.41) is 2.65. The Hall–Kier alpha value is -2.08. The lowest BCUT2D eigenvalue weighted by Crippen LogP contribution is -2.41. The summed E-state index contributed by atoms with van der Waals surface area (Å²) in [7, 11) is 1.52. The molecule has 0 aromatic heterocycles. The van der Waals surface area contributed by atoms with Gasteiger partial charge in [0.15, 0.2) is 0 Å². The van der Waals surface area contributed by atoms with Crippen molar-refractivity contribution in [3.63, 3.8) is 0 Å². The maximum Gasteiger partial charge on any atom is 0.328 e. The van der Waals surface area contributed by atoms with Gasteiger partial charge in [-0.15, -0.1) is 0 Å². The molecule has 96 valence electrons. The zero-order valence-corrected chi connectivity index (χ0v) is 10.1. The second-order valence-corrected chi connectivity index (χ2v) is 4.07. The highest BCUT2D eigenvalue weighted by Crippen LogP contribution is 2.19. The van der Waals surface area contributed by atoms with Crippen LogP contribution in [0.25, 0.3) is 0 Å². The average Bonchev–Trinajstić information content (AvgIpc) is 2.50. The van der Waals surface area contributed by atoms with E-state index in [9.17, 15) is 9.59 Å². The summed E-state index contributed by atoms with van der Waals surface area (Å²) in [5.74, 6) is -0.290. The summed E-state index contributed by atoms with van der Waals surface area (Å²) in [6, 6.07) is 6.13. The van der Waals surface area contributed by atoms with Gasteiger partial charge in [0.05, 0.1) is 18.2 Å². The van der Waals surface area contributed by atoms with Crippen LogP contribution in [-0.2, 0) is 9.53 Å². The van der Waals surface area contributed by atoms with Gasteiger partial charge in [-0.3, -0.25) is 4.79 Å². The van der Waals surface area contributed by atoms with Crippen LogP contribution < -0.4 is 16.0 Å². The minimum Gasteiger partial charge on any atom is -0.399 e. The molecule has 18 heavy (non-hydrogen) atoms. The standard InChI is InChI=1S/C12H15N3O3/c1-18-10-6-11(16)15(12(17)14-7-10)9-4-2-8(13)3-5-9/h2-5,10H,6-7,13H2,1H3,(H,14,17). The van der Waals surface area contributed by atoms with E-state index in [0.717, 1.165) is 4.90 Å². The van der Waals surface area contributed by atoms with E-state index in [-0.39, 0.29) is 18.4 Å². The zero-order valence-electron chi connectivity index (χ0n) is 10.1. The van der Waals surface area contributed by atoms with Crippen molar-refractivity contribution in [3.8, 4) is 0 Å². The molecular weight excluding hydrogens is 234 g/mol. The van der Waals surface area contributed by atoms with Gasteiger partial charge in [0.2, 0.25) is 5.91 Å². The van der Waals surface area contributed by atoms with Gasteiger partial charge in [0.25, 0.3) is 0 Å². The summed E-state index contributed by atoms with van der Waals surface area (Å²) in [4.78, 5) is 25.0. The minimum atomic E-state index is -0.440. The second kappa shape index (κ2) is 5.05. The number of nitrogens with two attached hydrogens (primary N) is 1. The summed E-state index contributed by atoms with van der Waals surface area (Å²) in [6.07, 6.45) is -0.125. The first-order valence-corrected chi connectivity index (χ1v) is 5.61. The smallest absolute Gasteiger partial charge is 0.328 e. The quantitative estimate of drug-likeness (QED) is 0.757. The molecule has 0 radical (unpaired) electrons. The largest absolute Gasteiger partial charge is 0.399 e. The van der Waals surface area contributed by atoms with Crippen molar-refractivity contribution in [2.24, 2.45) is 0 Å². The van der Waals surface area contributed by atoms with Gasteiger partial charge in [-0.2, -0.15) is 0 Å². The number of urea groups is 1. The molecule has 0 aliphatic carbocycles. The number of ether oxygens (including phenoxy) is 1. The number of nitrogens with one attached hydrogen (secondary N) is 1. The van der Waals surface area contributed by atoms with Gasteiger partial charge in [-0.05, 0) is 24.3 Å². The second-order valence-electron chi connectivity index (χ2n) is 4.07. The average molecular weight is 249 g/mol. The fourth-order valence-corrected chi connectivity index (χ4v) is 1.80. The van der Waals surface area contributed by atoms with Gasteiger partial charge < -0.3 is 15.8 Å². The van der Waals surface area contributed by atoms with E-state index in [0.29, 0.717) is 17.9 Å². The monoisotopic (exact) mass is 249 g/mol. The van der Waals surface area contributed by atoms with Crippen molar-refractivity contribution >= 4 is 23.3 Å². The number of imide groups is 1. The first-order valence-electron chi connectivity index (χ1n) is 5.61. The van der Waals surface area contributed by atoms with Crippen molar-refractivity contribution in [3.05, 3.63) is 24.3 Å². The lowest BCUT2D eigenvalue weighted by atomic mass is 10.2. The Balaban J connectivity index is 2.27. The molecule has 3 amide bonds. The minimum absolute atomic E-state index is 0.166. The molecule has 2 rings (SSSR count).